The molecule has 27 heavy (non-hydrogen) atoms. The molecular weight excluding hydrogens is 358 g/mol. The van der Waals surface area contributed by atoms with Crippen LogP contribution in [0.5, 0.6) is 0 Å². The van der Waals surface area contributed by atoms with Crippen LogP contribution in [0.2, 0.25) is 0 Å². The second-order valence-electron chi connectivity index (χ2n) is 6.19. The van der Waals surface area contributed by atoms with Gasteiger partial charge in [0.25, 0.3) is 5.56 Å². The van der Waals surface area contributed by atoms with Gasteiger partial charge < -0.3 is 4.90 Å². The summed E-state index contributed by atoms with van der Waals surface area (Å²) in [6.07, 6.45) is 7.17. The van der Waals surface area contributed by atoms with Gasteiger partial charge in [-0.1, -0.05) is 35.6 Å². The van der Waals surface area contributed by atoms with Crippen molar-refractivity contribution >= 4 is 34.1 Å². The summed E-state index contributed by atoms with van der Waals surface area (Å²) in [5.74, 6) is 0. The van der Waals surface area contributed by atoms with Crippen LogP contribution in [0.1, 0.15) is 11.3 Å². The second kappa shape index (κ2) is 7.13. The summed E-state index contributed by atoms with van der Waals surface area (Å²) in [5, 5.41) is 5.21. The van der Waals surface area contributed by atoms with Crippen molar-refractivity contribution in [2.24, 2.45) is 0 Å². The van der Waals surface area contributed by atoms with E-state index in [1.165, 1.54) is 21.9 Å². The first-order valence-electron chi connectivity index (χ1n) is 8.37. The standard InChI is InChI=1S/C20H17N5OS/c1-24(2)17-7-3-6-15(11-17)19-23-25-18(26)12-16(22-20(25)27-19)9-8-14-5-4-10-21-13-14/h3-13H,1-2H3. The molecule has 0 amide bonds. The molecule has 4 aromatic rings. The summed E-state index contributed by atoms with van der Waals surface area (Å²) in [5.41, 5.74) is 3.39. The lowest BCUT2D eigenvalue weighted by atomic mass is 10.2. The van der Waals surface area contributed by atoms with Crippen molar-refractivity contribution in [1.29, 1.82) is 0 Å². The van der Waals surface area contributed by atoms with Crippen LogP contribution in [0.4, 0.5) is 5.69 Å². The largest absolute Gasteiger partial charge is 0.378 e. The third kappa shape index (κ3) is 3.63. The smallest absolute Gasteiger partial charge is 0.275 e. The van der Waals surface area contributed by atoms with E-state index < -0.39 is 0 Å². The average Bonchev–Trinajstić information content (AvgIpc) is 3.12. The Morgan fingerprint density at radius 3 is 2.78 bits per heavy atom. The van der Waals surface area contributed by atoms with Gasteiger partial charge in [-0.2, -0.15) is 9.61 Å². The quantitative estimate of drug-likeness (QED) is 0.547. The van der Waals surface area contributed by atoms with Gasteiger partial charge in [0.2, 0.25) is 4.96 Å². The van der Waals surface area contributed by atoms with E-state index in [0.717, 1.165) is 21.8 Å². The summed E-state index contributed by atoms with van der Waals surface area (Å²) < 4.78 is 1.35. The fraction of sp³-hybridized carbons (Fsp3) is 0.100. The first kappa shape index (κ1) is 17.1. The molecule has 4 rings (SSSR count). The molecule has 0 radical (unpaired) electrons. The number of hydrogen-bond acceptors (Lipinski definition) is 6. The number of benzene rings is 1. The zero-order valence-corrected chi connectivity index (χ0v) is 15.7. The van der Waals surface area contributed by atoms with Crippen molar-refractivity contribution < 1.29 is 0 Å². The zero-order chi connectivity index (χ0) is 18.8. The Labute approximate surface area is 160 Å². The molecule has 0 bridgehead atoms. The van der Waals surface area contributed by atoms with Gasteiger partial charge in [0, 0.05) is 43.8 Å². The minimum atomic E-state index is -0.197. The first-order chi connectivity index (χ1) is 13.1. The molecule has 0 aliphatic rings. The highest BCUT2D eigenvalue weighted by molar-refractivity contribution is 7.19. The molecule has 0 saturated carbocycles. The molecule has 0 saturated heterocycles. The molecule has 0 atom stereocenters. The fourth-order valence-electron chi connectivity index (χ4n) is 2.60. The van der Waals surface area contributed by atoms with E-state index in [9.17, 15) is 4.79 Å². The number of fused-ring (bicyclic) bond motifs is 1. The average molecular weight is 375 g/mol. The lowest BCUT2D eigenvalue weighted by Crippen LogP contribution is -2.14. The van der Waals surface area contributed by atoms with Gasteiger partial charge in [0.1, 0.15) is 5.01 Å². The SMILES string of the molecule is CN(C)c1cccc(-c2nn3c(=O)cc(C=Cc4cccnc4)nc3s2)c1. The van der Waals surface area contributed by atoms with E-state index in [-0.39, 0.29) is 5.56 Å². The Morgan fingerprint density at radius 1 is 1.11 bits per heavy atom. The van der Waals surface area contributed by atoms with Gasteiger partial charge in [-0.25, -0.2) is 4.98 Å². The van der Waals surface area contributed by atoms with E-state index in [1.54, 1.807) is 12.4 Å². The Balaban J connectivity index is 1.73. The van der Waals surface area contributed by atoms with Gasteiger partial charge in [-0.3, -0.25) is 9.78 Å². The van der Waals surface area contributed by atoms with E-state index >= 15 is 0 Å². The van der Waals surface area contributed by atoms with Crippen molar-refractivity contribution in [2.75, 3.05) is 19.0 Å². The predicted molar refractivity (Wildman–Crippen MR) is 110 cm³/mol. The number of aromatic nitrogens is 4. The van der Waals surface area contributed by atoms with Gasteiger partial charge in [0.05, 0.1) is 5.69 Å². The van der Waals surface area contributed by atoms with E-state index in [2.05, 4.69) is 15.1 Å². The molecule has 3 aromatic heterocycles. The van der Waals surface area contributed by atoms with E-state index in [0.29, 0.717) is 10.7 Å². The summed E-state index contributed by atoms with van der Waals surface area (Å²) in [6, 6.07) is 13.3. The maximum absolute atomic E-state index is 12.4. The Kier molecular flexibility index (Phi) is 4.52. The predicted octanol–water partition coefficient (Wildman–Crippen LogP) is 3.45. The van der Waals surface area contributed by atoms with Crippen molar-refractivity contribution in [1.82, 2.24) is 19.6 Å². The molecule has 7 heteroatoms. The van der Waals surface area contributed by atoms with Crippen LogP contribution < -0.4 is 10.5 Å². The third-order valence-electron chi connectivity index (χ3n) is 4.01. The number of hydrogen-bond donors (Lipinski definition) is 0. The highest BCUT2D eigenvalue weighted by Gasteiger charge is 2.10. The van der Waals surface area contributed by atoms with E-state index in [1.807, 2.05) is 67.5 Å². The lowest BCUT2D eigenvalue weighted by Gasteiger charge is -2.12. The van der Waals surface area contributed by atoms with Crippen LogP contribution in [-0.4, -0.2) is 33.7 Å². The maximum Gasteiger partial charge on any atom is 0.275 e. The number of pyridine rings is 1. The summed E-state index contributed by atoms with van der Waals surface area (Å²) >= 11 is 1.40. The molecule has 0 unspecified atom stereocenters. The van der Waals surface area contributed by atoms with Crippen molar-refractivity contribution in [2.45, 2.75) is 0 Å². The Bertz CT molecular complexity index is 1180. The van der Waals surface area contributed by atoms with E-state index in [4.69, 9.17) is 0 Å². The monoisotopic (exact) mass is 375 g/mol. The zero-order valence-electron chi connectivity index (χ0n) is 14.9. The van der Waals surface area contributed by atoms with Crippen LogP contribution in [-0.2, 0) is 0 Å². The highest BCUT2D eigenvalue weighted by Crippen LogP contribution is 2.27. The Hall–Kier alpha value is -3.32. The topological polar surface area (TPSA) is 63.4 Å². The molecule has 6 nitrogen and oxygen atoms in total. The van der Waals surface area contributed by atoms with Crippen molar-refractivity contribution in [3.05, 3.63) is 76.5 Å². The van der Waals surface area contributed by atoms with Crippen molar-refractivity contribution in [3.63, 3.8) is 0 Å². The lowest BCUT2D eigenvalue weighted by molar-refractivity contribution is 0.901. The van der Waals surface area contributed by atoms with Gasteiger partial charge in [-0.15, -0.1) is 0 Å². The normalized spacial score (nSPS) is 11.3. The molecule has 3 heterocycles. The maximum atomic E-state index is 12.4. The third-order valence-corrected chi connectivity index (χ3v) is 4.96. The highest BCUT2D eigenvalue weighted by atomic mass is 32.1. The summed E-state index contributed by atoms with van der Waals surface area (Å²) in [6.45, 7) is 0. The van der Waals surface area contributed by atoms with Crippen LogP contribution in [0.3, 0.4) is 0 Å². The Morgan fingerprint density at radius 2 is 2.00 bits per heavy atom. The summed E-state index contributed by atoms with van der Waals surface area (Å²) in [7, 11) is 3.98. The number of rotatable bonds is 4. The molecular formula is C20H17N5OS. The molecule has 0 fully saturated rings. The summed E-state index contributed by atoms with van der Waals surface area (Å²) in [4.78, 5) is 23.7. The molecule has 0 aliphatic heterocycles. The number of nitrogens with zero attached hydrogens (tertiary/aromatic N) is 5. The van der Waals surface area contributed by atoms with Crippen LogP contribution in [0.15, 0.2) is 59.7 Å². The molecule has 1 aromatic carbocycles. The van der Waals surface area contributed by atoms with Crippen molar-refractivity contribution in [3.8, 4) is 10.6 Å². The second-order valence-corrected chi connectivity index (χ2v) is 7.14. The minimum Gasteiger partial charge on any atom is -0.378 e. The molecule has 134 valence electrons. The fourth-order valence-corrected chi connectivity index (χ4v) is 3.51. The van der Waals surface area contributed by atoms with Gasteiger partial charge in [0.15, 0.2) is 0 Å². The van der Waals surface area contributed by atoms with Gasteiger partial charge in [-0.05, 0) is 29.8 Å². The van der Waals surface area contributed by atoms with Gasteiger partial charge >= 0.3 is 0 Å². The van der Waals surface area contributed by atoms with Crippen LogP contribution in [0, 0.1) is 0 Å². The van der Waals surface area contributed by atoms with Crippen LogP contribution >= 0.6 is 11.3 Å². The minimum absolute atomic E-state index is 0.197. The van der Waals surface area contributed by atoms with Crippen LogP contribution in [0.25, 0.3) is 27.7 Å². The number of anilines is 1. The first-order valence-corrected chi connectivity index (χ1v) is 9.18. The molecule has 0 N–H and O–H groups in total. The molecule has 0 spiro atoms. The molecule has 0 aliphatic carbocycles.